The highest BCUT2D eigenvalue weighted by Gasteiger charge is 2.31. The van der Waals surface area contributed by atoms with Crippen molar-refractivity contribution in [1.29, 1.82) is 0 Å². The lowest BCUT2D eigenvalue weighted by Gasteiger charge is -2.40. The molecule has 0 saturated carbocycles. The van der Waals surface area contributed by atoms with Gasteiger partial charge in [-0.2, -0.15) is 0 Å². The smallest absolute Gasteiger partial charge is 0.407 e. The van der Waals surface area contributed by atoms with Crippen LogP contribution in [0.3, 0.4) is 0 Å². The number of piperidine rings is 1. The fraction of sp³-hybridized carbons (Fsp3) is 0.625. The van der Waals surface area contributed by atoms with Crippen molar-refractivity contribution in [2.75, 3.05) is 30.3 Å². The van der Waals surface area contributed by atoms with Gasteiger partial charge in [0.25, 0.3) is 0 Å². The monoisotopic (exact) mass is 306 g/mol. The summed E-state index contributed by atoms with van der Waals surface area (Å²) in [5, 5.41) is 9.50. The minimum atomic E-state index is -0.822. The van der Waals surface area contributed by atoms with E-state index in [1.807, 2.05) is 6.07 Å². The van der Waals surface area contributed by atoms with E-state index in [2.05, 4.69) is 30.7 Å². The average molecular weight is 306 g/mol. The Labute approximate surface area is 131 Å². The first-order valence-corrected chi connectivity index (χ1v) is 7.72. The SMILES string of the molecule is CC(C)(C)CN(C(=O)O)C1CCN(c2ccncc2N)CC1. The molecular weight excluding hydrogens is 280 g/mol. The van der Waals surface area contributed by atoms with E-state index in [0.29, 0.717) is 12.2 Å². The number of carboxylic acid groups (broad SMARTS) is 1. The molecule has 0 spiro atoms. The predicted octanol–water partition coefficient (Wildman–Crippen LogP) is 2.66. The lowest BCUT2D eigenvalue weighted by Crippen LogP contribution is -2.49. The summed E-state index contributed by atoms with van der Waals surface area (Å²) in [4.78, 5) is 19.4. The number of amides is 1. The van der Waals surface area contributed by atoms with Crippen LogP contribution in [0.15, 0.2) is 18.5 Å². The van der Waals surface area contributed by atoms with Gasteiger partial charge in [-0.15, -0.1) is 0 Å². The summed E-state index contributed by atoms with van der Waals surface area (Å²) in [5.41, 5.74) is 7.60. The maximum Gasteiger partial charge on any atom is 0.407 e. The molecule has 2 rings (SSSR count). The third-order valence-electron chi connectivity index (χ3n) is 3.96. The van der Waals surface area contributed by atoms with E-state index in [1.165, 1.54) is 0 Å². The Balaban J connectivity index is 2.01. The number of nitrogens with zero attached hydrogens (tertiary/aromatic N) is 3. The summed E-state index contributed by atoms with van der Waals surface area (Å²) < 4.78 is 0. The summed E-state index contributed by atoms with van der Waals surface area (Å²) in [6.07, 6.45) is 4.22. The van der Waals surface area contributed by atoms with Gasteiger partial charge in [0.2, 0.25) is 0 Å². The Morgan fingerprint density at radius 2 is 2.09 bits per heavy atom. The summed E-state index contributed by atoms with van der Waals surface area (Å²) >= 11 is 0. The Kier molecular flexibility index (Phi) is 4.78. The van der Waals surface area contributed by atoms with Gasteiger partial charge >= 0.3 is 6.09 Å². The van der Waals surface area contributed by atoms with Crippen molar-refractivity contribution in [3.63, 3.8) is 0 Å². The van der Waals surface area contributed by atoms with Crippen LogP contribution < -0.4 is 10.6 Å². The maximum absolute atomic E-state index is 11.6. The summed E-state index contributed by atoms with van der Waals surface area (Å²) in [5.74, 6) is 0. The molecule has 1 aromatic heterocycles. The van der Waals surface area contributed by atoms with E-state index in [1.54, 1.807) is 17.3 Å². The zero-order valence-electron chi connectivity index (χ0n) is 13.6. The first-order chi connectivity index (χ1) is 10.3. The number of rotatable bonds is 3. The first-order valence-electron chi connectivity index (χ1n) is 7.72. The number of aromatic nitrogens is 1. The number of nitrogens with two attached hydrogens (primary N) is 1. The van der Waals surface area contributed by atoms with Crippen molar-refractivity contribution in [2.24, 2.45) is 5.41 Å². The van der Waals surface area contributed by atoms with E-state index in [9.17, 15) is 9.90 Å². The number of pyridine rings is 1. The molecule has 0 aliphatic carbocycles. The second-order valence-electron chi connectivity index (χ2n) is 7.12. The van der Waals surface area contributed by atoms with Crippen molar-refractivity contribution >= 4 is 17.5 Å². The van der Waals surface area contributed by atoms with Crippen LogP contribution in [0, 0.1) is 5.41 Å². The highest BCUT2D eigenvalue weighted by molar-refractivity contribution is 5.67. The molecule has 6 heteroatoms. The van der Waals surface area contributed by atoms with E-state index in [4.69, 9.17) is 5.73 Å². The molecule has 0 unspecified atom stereocenters. The third-order valence-corrected chi connectivity index (χ3v) is 3.96. The molecule has 3 N–H and O–H groups in total. The Hall–Kier alpha value is -1.98. The van der Waals surface area contributed by atoms with Crippen LogP contribution in [0.4, 0.5) is 16.2 Å². The Bertz CT molecular complexity index is 519. The van der Waals surface area contributed by atoms with Crippen LogP contribution in [-0.4, -0.2) is 46.8 Å². The van der Waals surface area contributed by atoms with Crippen LogP contribution in [0.5, 0.6) is 0 Å². The van der Waals surface area contributed by atoms with E-state index in [-0.39, 0.29) is 11.5 Å². The first kappa shape index (κ1) is 16.4. The van der Waals surface area contributed by atoms with E-state index < -0.39 is 6.09 Å². The number of nitrogen functional groups attached to an aromatic ring is 1. The molecule has 0 radical (unpaired) electrons. The van der Waals surface area contributed by atoms with Crippen LogP contribution in [0.25, 0.3) is 0 Å². The molecule has 6 nitrogen and oxygen atoms in total. The molecule has 1 aromatic rings. The minimum absolute atomic E-state index is 0.0367. The van der Waals surface area contributed by atoms with Gasteiger partial charge in [0.1, 0.15) is 0 Å². The topological polar surface area (TPSA) is 82.7 Å². The van der Waals surface area contributed by atoms with Crippen LogP contribution in [-0.2, 0) is 0 Å². The second-order valence-corrected chi connectivity index (χ2v) is 7.12. The zero-order valence-corrected chi connectivity index (χ0v) is 13.6. The van der Waals surface area contributed by atoms with Crippen LogP contribution >= 0.6 is 0 Å². The Morgan fingerprint density at radius 3 is 2.59 bits per heavy atom. The quantitative estimate of drug-likeness (QED) is 0.897. The normalized spacial score (nSPS) is 16.6. The molecule has 1 amide bonds. The van der Waals surface area contributed by atoms with Gasteiger partial charge < -0.3 is 20.6 Å². The number of carbonyl (C=O) groups is 1. The van der Waals surface area contributed by atoms with Gasteiger partial charge in [-0.05, 0) is 24.3 Å². The molecule has 22 heavy (non-hydrogen) atoms. The molecule has 1 aliphatic rings. The summed E-state index contributed by atoms with van der Waals surface area (Å²) in [7, 11) is 0. The summed E-state index contributed by atoms with van der Waals surface area (Å²) in [6.45, 7) is 8.38. The fourth-order valence-electron chi connectivity index (χ4n) is 2.97. The van der Waals surface area contributed by atoms with E-state index in [0.717, 1.165) is 31.6 Å². The van der Waals surface area contributed by atoms with Crippen molar-refractivity contribution in [3.05, 3.63) is 18.5 Å². The number of anilines is 2. The highest BCUT2D eigenvalue weighted by atomic mass is 16.4. The third kappa shape index (κ3) is 4.02. The lowest BCUT2D eigenvalue weighted by atomic mass is 9.93. The number of hydrogen-bond donors (Lipinski definition) is 2. The molecule has 0 aromatic carbocycles. The molecule has 122 valence electrons. The van der Waals surface area contributed by atoms with Crippen molar-refractivity contribution in [1.82, 2.24) is 9.88 Å². The maximum atomic E-state index is 11.6. The van der Waals surface area contributed by atoms with Crippen LogP contribution in [0.1, 0.15) is 33.6 Å². The Morgan fingerprint density at radius 1 is 1.45 bits per heavy atom. The molecule has 0 bridgehead atoms. The van der Waals surface area contributed by atoms with Gasteiger partial charge in [-0.3, -0.25) is 4.98 Å². The van der Waals surface area contributed by atoms with Gasteiger partial charge in [0, 0.05) is 31.9 Å². The largest absolute Gasteiger partial charge is 0.465 e. The van der Waals surface area contributed by atoms with Gasteiger partial charge in [0.05, 0.1) is 17.6 Å². The lowest BCUT2D eigenvalue weighted by molar-refractivity contribution is 0.0935. The van der Waals surface area contributed by atoms with Crippen LogP contribution in [0.2, 0.25) is 0 Å². The van der Waals surface area contributed by atoms with E-state index >= 15 is 0 Å². The van der Waals surface area contributed by atoms with Crippen molar-refractivity contribution < 1.29 is 9.90 Å². The van der Waals surface area contributed by atoms with Crippen molar-refractivity contribution in [2.45, 2.75) is 39.7 Å². The fourth-order valence-corrected chi connectivity index (χ4v) is 2.97. The standard InChI is InChI=1S/C16H26N4O2/c1-16(2,3)11-20(15(21)22)12-5-8-19(9-6-12)14-4-7-18-10-13(14)17/h4,7,10,12H,5-6,8-9,11,17H2,1-3H3,(H,21,22). The minimum Gasteiger partial charge on any atom is -0.465 e. The highest BCUT2D eigenvalue weighted by Crippen LogP contribution is 2.28. The molecule has 2 heterocycles. The van der Waals surface area contributed by atoms with Gasteiger partial charge in [-0.1, -0.05) is 20.8 Å². The number of hydrogen-bond acceptors (Lipinski definition) is 4. The average Bonchev–Trinajstić information content (AvgIpc) is 2.44. The van der Waals surface area contributed by atoms with Crippen molar-refractivity contribution in [3.8, 4) is 0 Å². The van der Waals surface area contributed by atoms with Gasteiger partial charge in [0.15, 0.2) is 0 Å². The predicted molar refractivity (Wildman–Crippen MR) is 88.1 cm³/mol. The molecular formula is C16H26N4O2. The molecule has 1 aliphatic heterocycles. The molecule has 1 saturated heterocycles. The van der Waals surface area contributed by atoms with Gasteiger partial charge in [-0.25, -0.2) is 4.79 Å². The molecule has 1 fully saturated rings. The second kappa shape index (κ2) is 6.42. The molecule has 0 atom stereocenters. The summed E-state index contributed by atoms with van der Waals surface area (Å²) in [6, 6.07) is 2.00. The zero-order chi connectivity index (χ0) is 16.3.